The first-order valence-electron chi connectivity index (χ1n) is 12.0. The van der Waals surface area contributed by atoms with Crippen molar-refractivity contribution in [1.29, 1.82) is 0 Å². The van der Waals surface area contributed by atoms with Crippen molar-refractivity contribution in [2.45, 2.75) is 25.8 Å². The Balaban J connectivity index is 1.45. The van der Waals surface area contributed by atoms with E-state index >= 15 is 0 Å². The molecule has 188 valence electrons. The van der Waals surface area contributed by atoms with Gasteiger partial charge in [0.15, 0.2) is 0 Å². The summed E-state index contributed by atoms with van der Waals surface area (Å²) in [6.07, 6.45) is 1.70. The number of halogens is 2. The van der Waals surface area contributed by atoms with Crippen molar-refractivity contribution in [3.05, 3.63) is 100 Å². The zero-order chi connectivity index (χ0) is 25.5. The third kappa shape index (κ3) is 6.80. The van der Waals surface area contributed by atoms with Gasteiger partial charge in [-0.1, -0.05) is 53.5 Å². The highest BCUT2D eigenvalue weighted by Gasteiger charge is 2.39. The van der Waals surface area contributed by atoms with Crippen LogP contribution in [0.2, 0.25) is 10.0 Å². The molecule has 0 radical (unpaired) electrons. The fourth-order valence-corrected chi connectivity index (χ4v) is 4.75. The second-order valence-electron chi connectivity index (χ2n) is 9.45. The quantitative estimate of drug-likeness (QED) is 0.345. The molecule has 1 fully saturated rings. The molecular formula is C29H30Cl2N2O3. The van der Waals surface area contributed by atoms with Gasteiger partial charge in [0.05, 0.1) is 6.61 Å². The number of likely N-dealkylation sites (tertiary alicyclic amines) is 1. The summed E-state index contributed by atoms with van der Waals surface area (Å²) in [4.78, 5) is 30.0. The number of carbonyl (C=O) groups is 2. The molecule has 1 heterocycles. The van der Waals surface area contributed by atoms with E-state index in [1.54, 1.807) is 41.3 Å². The Labute approximate surface area is 222 Å². The van der Waals surface area contributed by atoms with Crippen molar-refractivity contribution in [2.24, 2.45) is 5.41 Å². The molecule has 3 aromatic rings. The Hall–Kier alpha value is -3.02. The van der Waals surface area contributed by atoms with Crippen LogP contribution in [-0.4, -0.2) is 48.4 Å². The van der Waals surface area contributed by atoms with Gasteiger partial charge in [0.25, 0.3) is 5.91 Å². The second kappa shape index (κ2) is 11.8. The van der Waals surface area contributed by atoms with Crippen LogP contribution in [0.25, 0.3) is 0 Å². The average molecular weight is 525 g/mol. The van der Waals surface area contributed by atoms with Gasteiger partial charge in [-0.05, 0) is 66.9 Å². The lowest BCUT2D eigenvalue weighted by atomic mass is 9.75. The number of carbonyl (C=O) groups excluding carboxylic acids is 2. The third-order valence-corrected chi connectivity index (χ3v) is 7.28. The molecule has 7 heteroatoms. The summed E-state index contributed by atoms with van der Waals surface area (Å²) in [6, 6.07) is 24.1. The van der Waals surface area contributed by atoms with E-state index in [-0.39, 0.29) is 17.2 Å². The van der Waals surface area contributed by atoms with Crippen molar-refractivity contribution in [3.63, 3.8) is 0 Å². The van der Waals surface area contributed by atoms with Gasteiger partial charge in [0.1, 0.15) is 5.75 Å². The molecule has 1 aliphatic rings. The maximum Gasteiger partial charge on any atom is 0.253 e. The summed E-state index contributed by atoms with van der Waals surface area (Å²) < 4.78 is 6.15. The molecule has 5 nitrogen and oxygen atoms in total. The number of rotatable bonds is 8. The molecule has 3 aromatic carbocycles. The van der Waals surface area contributed by atoms with Crippen LogP contribution in [-0.2, 0) is 11.3 Å². The van der Waals surface area contributed by atoms with Crippen molar-refractivity contribution < 1.29 is 14.3 Å². The highest BCUT2D eigenvalue weighted by molar-refractivity contribution is 6.30. The Morgan fingerprint density at radius 3 is 2.08 bits per heavy atom. The maximum absolute atomic E-state index is 13.3. The van der Waals surface area contributed by atoms with E-state index < -0.39 is 0 Å². The molecule has 36 heavy (non-hydrogen) atoms. The summed E-state index contributed by atoms with van der Waals surface area (Å²) in [5.41, 5.74) is 1.32. The highest BCUT2D eigenvalue weighted by atomic mass is 35.5. The lowest BCUT2D eigenvalue weighted by molar-refractivity contribution is -0.134. The van der Waals surface area contributed by atoms with Crippen molar-refractivity contribution in [2.75, 3.05) is 26.7 Å². The average Bonchev–Trinajstić information content (AvgIpc) is 2.89. The molecule has 0 aliphatic carbocycles. The van der Waals surface area contributed by atoms with Crippen LogP contribution < -0.4 is 4.74 Å². The fourth-order valence-electron chi connectivity index (χ4n) is 4.50. The minimum atomic E-state index is -0.377. The zero-order valence-corrected chi connectivity index (χ0v) is 21.8. The van der Waals surface area contributed by atoms with Gasteiger partial charge in [-0.25, -0.2) is 0 Å². The largest absolute Gasteiger partial charge is 0.493 e. The first kappa shape index (κ1) is 26.1. The molecule has 0 bridgehead atoms. The predicted molar refractivity (Wildman–Crippen MR) is 144 cm³/mol. The van der Waals surface area contributed by atoms with Crippen molar-refractivity contribution in [1.82, 2.24) is 9.80 Å². The van der Waals surface area contributed by atoms with Gasteiger partial charge < -0.3 is 14.5 Å². The van der Waals surface area contributed by atoms with Gasteiger partial charge in [-0.3, -0.25) is 9.59 Å². The smallest absolute Gasteiger partial charge is 0.253 e. The minimum absolute atomic E-state index is 0.0218. The fraction of sp³-hybridized carbons (Fsp3) is 0.310. The molecule has 1 aliphatic heterocycles. The summed E-state index contributed by atoms with van der Waals surface area (Å²) in [6.45, 7) is 2.06. The molecule has 0 N–H and O–H groups in total. The Kier molecular flexibility index (Phi) is 8.55. The van der Waals surface area contributed by atoms with Crippen LogP contribution in [0.3, 0.4) is 0 Å². The standard InChI is InChI=1S/C29H30Cl2N2O3/c1-32(20-22-5-3-2-4-6-22)27(34)19-29(21-36-26-13-11-25(31)12-14-26)15-17-33(18-16-29)28(35)23-7-9-24(30)10-8-23/h2-14H,15-21H2,1H3. The molecule has 4 rings (SSSR count). The number of benzene rings is 3. The molecule has 0 atom stereocenters. The molecule has 0 saturated carbocycles. The van der Waals surface area contributed by atoms with Gasteiger partial charge in [-0.15, -0.1) is 0 Å². The third-order valence-electron chi connectivity index (χ3n) is 6.78. The maximum atomic E-state index is 13.3. The predicted octanol–water partition coefficient (Wildman–Crippen LogP) is 6.34. The normalized spacial score (nSPS) is 14.8. The Bertz CT molecular complexity index is 1160. The summed E-state index contributed by atoms with van der Waals surface area (Å²) in [7, 11) is 1.84. The number of piperidine rings is 1. The van der Waals surface area contributed by atoms with Crippen molar-refractivity contribution >= 4 is 35.0 Å². The lowest BCUT2D eigenvalue weighted by Crippen LogP contribution is -2.47. The molecule has 1 saturated heterocycles. The van der Waals surface area contributed by atoms with Gasteiger partial charge >= 0.3 is 0 Å². The van der Waals surface area contributed by atoms with Crippen LogP contribution in [0.5, 0.6) is 5.75 Å². The van der Waals surface area contributed by atoms with E-state index in [0.717, 1.165) is 5.56 Å². The summed E-state index contributed by atoms with van der Waals surface area (Å²) in [5.74, 6) is 0.756. The molecular weight excluding hydrogens is 495 g/mol. The molecule has 2 amide bonds. The van der Waals surface area contributed by atoms with Gasteiger partial charge in [-0.2, -0.15) is 0 Å². The molecule has 0 unspecified atom stereocenters. The van der Waals surface area contributed by atoms with Gasteiger partial charge in [0, 0.05) is 54.1 Å². The highest BCUT2D eigenvalue weighted by Crippen LogP contribution is 2.37. The minimum Gasteiger partial charge on any atom is -0.493 e. The SMILES string of the molecule is CN(Cc1ccccc1)C(=O)CC1(COc2ccc(Cl)cc2)CCN(C(=O)c2ccc(Cl)cc2)CC1. The van der Waals surface area contributed by atoms with Crippen LogP contribution >= 0.6 is 23.2 Å². The number of hydrogen-bond acceptors (Lipinski definition) is 3. The van der Waals surface area contributed by atoms with E-state index in [2.05, 4.69) is 0 Å². The lowest BCUT2D eigenvalue weighted by Gasteiger charge is -2.42. The molecule has 0 aromatic heterocycles. The summed E-state index contributed by atoms with van der Waals surface area (Å²) >= 11 is 12.0. The van der Waals surface area contributed by atoms with Crippen LogP contribution in [0.4, 0.5) is 0 Å². The first-order chi connectivity index (χ1) is 17.3. The van der Waals surface area contributed by atoms with Gasteiger partial charge in [0.2, 0.25) is 5.91 Å². The van der Waals surface area contributed by atoms with E-state index in [1.807, 2.05) is 54.4 Å². The second-order valence-corrected chi connectivity index (χ2v) is 10.3. The van der Waals surface area contributed by atoms with Crippen LogP contribution in [0.15, 0.2) is 78.9 Å². The van der Waals surface area contributed by atoms with Crippen LogP contribution in [0.1, 0.15) is 35.2 Å². The molecule has 0 spiro atoms. The monoisotopic (exact) mass is 524 g/mol. The van der Waals surface area contributed by atoms with E-state index in [4.69, 9.17) is 27.9 Å². The Morgan fingerprint density at radius 2 is 1.47 bits per heavy atom. The Morgan fingerprint density at radius 1 is 0.889 bits per heavy atom. The number of ether oxygens (including phenoxy) is 1. The number of nitrogens with zero attached hydrogens (tertiary/aromatic N) is 2. The topological polar surface area (TPSA) is 49.9 Å². The van der Waals surface area contributed by atoms with Crippen molar-refractivity contribution in [3.8, 4) is 5.75 Å². The number of hydrogen-bond donors (Lipinski definition) is 0. The van der Waals surface area contributed by atoms with Crippen LogP contribution in [0, 0.1) is 5.41 Å². The zero-order valence-electron chi connectivity index (χ0n) is 20.3. The van der Waals surface area contributed by atoms with E-state index in [9.17, 15) is 9.59 Å². The first-order valence-corrected chi connectivity index (χ1v) is 12.8. The summed E-state index contributed by atoms with van der Waals surface area (Å²) in [5, 5.41) is 1.24. The van der Waals surface area contributed by atoms with E-state index in [0.29, 0.717) is 66.9 Å². The number of amides is 2. The van der Waals surface area contributed by atoms with E-state index in [1.165, 1.54) is 0 Å².